The SMILES string of the molecule is CC(C)(N)Sc1ccc(C(C)(C)N)cc1. The van der Waals surface area contributed by atoms with E-state index in [4.69, 9.17) is 11.5 Å². The highest BCUT2D eigenvalue weighted by atomic mass is 32.2. The first kappa shape index (κ1) is 12.6. The van der Waals surface area contributed by atoms with E-state index < -0.39 is 0 Å². The van der Waals surface area contributed by atoms with Gasteiger partial charge in [-0.1, -0.05) is 12.1 Å². The van der Waals surface area contributed by atoms with Gasteiger partial charge in [-0.2, -0.15) is 0 Å². The highest BCUT2D eigenvalue weighted by Gasteiger charge is 2.15. The van der Waals surface area contributed by atoms with Gasteiger partial charge in [-0.05, 0) is 45.4 Å². The Balaban J connectivity index is 2.82. The summed E-state index contributed by atoms with van der Waals surface area (Å²) in [7, 11) is 0. The van der Waals surface area contributed by atoms with E-state index in [0.29, 0.717) is 0 Å². The highest BCUT2D eigenvalue weighted by molar-refractivity contribution is 8.00. The molecular weight excluding hydrogens is 204 g/mol. The van der Waals surface area contributed by atoms with Gasteiger partial charge in [0, 0.05) is 10.4 Å². The van der Waals surface area contributed by atoms with Gasteiger partial charge < -0.3 is 11.5 Å². The topological polar surface area (TPSA) is 52.0 Å². The van der Waals surface area contributed by atoms with E-state index in [9.17, 15) is 0 Å². The minimum Gasteiger partial charge on any atom is -0.322 e. The smallest absolute Gasteiger partial charge is 0.0609 e. The summed E-state index contributed by atoms with van der Waals surface area (Å²) in [6, 6.07) is 8.27. The number of thioether (sulfide) groups is 1. The van der Waals surface area contributed by atoms with Crippen LogP contribution in [0.5, 0.6) is 0 Å². The zero-order valence-corrected chi connectivity index (χ0v) is 10.7. The molecule has 0 saturated carbocycles. The summed E-state index contributed by atoms with van der Waals surface area (Å²) in [5, 5.41) is 0. The van der Waals surface area contributed by atoms with Crippen molar-refractivity contribution in [3.05, 3.63) is 29.8 Å². The van der Waals surface area contributed by atoms with Gasteiger partial charge in [0.1, 0.15) is 0 Å². The number of rotatable bonds is 3. The fourth-order valence-electron chi connectivity index (χ4n) is 1.26. The number of nitrogens with two attached hydrogens (primary N) is 2. The molecule has 0 atom stereocenters. The molecule has 0 aliphatic heterocycles. The summed E-state index contributed by atoms with van der Waals surface area (Å²) in [5.74, 6) is 0. The van der Waals surface area contributed by atoms with Crippen LogP contribution in [0.3, 0.4) is 0 Å². The molecular formula is C12H20N2S. The Morgan fingerprint density at radius 3 is 1.73 bits per heavy atom. The molecule has 0 unspecified atom stereocenters. The maximum Gasteiger partial charge on any atom is 0.0609 e. The maximum atomic E-state index is 6.00. The lowest BCUT2D eigenvalue weighted by Gasteiger charge is -2.21. The van der Waals surface area contributed by atoms with Crippen LogP contribution in [0.25, 0.3) is 0 Å². The van der Waals surface area contributed by atoms with Crippen LogP contribution < -0.4 is 11.5 Å². The lowest BCUT2D eigenvalue weighted by molar-refractivity contribution is 0.554. The molecule has 0 spiro atoms. The molecule has 0 saturated heterocycles. The van der Waals surface area contributed by atoms with Crippen LogP contribution in [0.15, 0.2) is 29.2 Å². The van der Waals surface area contributed by atoms with E-state index in [-0.39, 0.29) is 10.4 Å². The van der Waals surface area contributed by atoms with Gasteiger partial charge in [-0.3, -0.25) is 0 Å². The van der Waals surface area contributed by atoms with Crippen molar-refractivity contribution in [2.24, 2.45) is 11.5 Å². The van der Waals surface area contributed by atoms with Crippen LogP contribution in [0.1, 0.15) is 33.3 Å². The Morgan fingerprint density at radius 1 is 0.933 bits per heavy atom. The second-order valence-corrected chi connectivity index (χ2v) is 6.68. The van der Waals surface area contributed by atoms with Gasteiger partial charge in [-0.25, -0.2) is 0 Å². The standard InChI is InChI=1S/C12H20N2S/c1-11(2,13)9-5-7-10(8-6-9)15-12(3,4)14/h5-8H,13-14H2,1-4H3. The lowest BCUT2D eigenvalue weighted by Crippen LogP contribution is -2.28. The molecule has 0 aromatic heterocycles. The summed E-state index contributed by atoms with van der Waals surface area (Å²) in [4.78, 5) is 0.940. The zero-order chi connectivity index (χ0) is 11.7. The number of hydrogen-bond acceptors (Lipinski definition) is 3. The molecule has 0 bridgehead atoms. The van der Waals surface area contributed by atoms with Gasteiger partial charge in [0.2, 0.25) is 0 Å². The Morgan fingerprint density at radius 2 is 1.40 bits per heavy atom. The first-order chi connectivity index (χ1) is 6.68. The van der Waals surface area contributed by atoms with Crippen LogP contribution in [-0.2, 0) is 5.54 Å². The van der Waals surface area contributed by atoms with E-state index in [2.05, 4.69) is 24.3 Å². The molecule has 1 aromatic carbocycles. The fourth-order valence-corrected chi connectivity index (χ4v) is 2.14. The first-order valence-corrected chi connectivity index (χ1v) is 5.87. The molecule has 4 N–H and O–H groups in total. The van der Waals surface area contributed by atoms with Crippen molar-refractivity contribution in [1.29, 1.82) is 0 Å². The summed E-state index contributed by atoms with van der Waals surface area (Å²) >= 11 is 1.66. The summed E-state index contributed by atoms with van der Waals surface area (Å²) in [6.45, 7) is 8.00. The Labute approximate surface area is 96.4 Å². The Bertz CT molecular complexity index is 317. The second kappa shape index (κ2) is 4.16. The number of benzene rings is 1. The number of hydrogen-bond donors (Lipinski definition) is 2. The van der Waals surface area contributed by atoms with Crippen molar-refractivity contribution in [2.75, 3.05) is 0 Å². The Kier molecular flexibility index (Phi) is 3.48. The van der Waals surface area contributed by atoms with Crippen molar-refractivity contribution >= 4 is 11.8 Å². The quantitative estimate of drug-likeness (QED) is 0.613. The second-order valence-electron chi connectivity index (χ2n) is 4.95. The average Bonchev–Trinajstić information content (AvgIpc) is 2.00. The Hall–Kier alpha value is -0.510. The van der Waals surface area contributed by atoms with Gasteiger partial charge in [0.15, 0.2) is 0 Å². The zero-order valence-electron chi connectivity index (χ0n) is 9.87. The third kappa shape index (κ3) is 4.24. The summed E-state index contributed by atoms with van der Waals surface area (Å²) < 4.78 is 0. The predicted molar refractivity (Wildman–Crippen MR) is 67.8 cm³/mol. The molecule has 0 heterocycles. The van der Waals surface area contributed by atoms with E-state index >= 15 is 0 Å². The molecule has 84 valence electrons. The maximum absolute atomic E-state index is 6.00. The monoisotopic (exact) mass is 224 g/mol. The van der Waals surface area contributed by atoms with E-state index in [1.165, 1.54) is 4.90 Å². The molecule has 2 nitrogen and oxygen atoms in total. The van der Waals surface area contributed by atoms with Crippen LogP contribution in [0.4, 0.5) is 0 Å². The van der Waals surface area contributed by atoms with Crippen molar-refractivity contribution in [3.8, 4) is 0 Å². The van der Waals surface area contributed by atoms with Crippen molar-refractivity contribution in [1.82, 2.24) is 0 Å². The van der Waals surface area contributed by atoms with Crippen molar-refractivity contribution < 1.29 is 0 Å². The molecule has 15 heavy (non-hydrogen) atoms. The molecule has 0 amide bonds. The highest BCUT2D eigenvalue weighted by Crippen LogP contribution is 2.29. The summed E-state index contributed by atoms with van der Waals surface area (Å²) in [6.07, 6.45) is 0. The van der Waals surface area contributed by atoms with Gasteiger partial charge in [0.25, 0.3) is 0 Å². The van der Waals surface area contributed by atoms with Crippen LogP contribution in [0, 0.1) is 0 Å². The van der Waals surface area contributed by atoms with E-state index in [1.807, 2.05) is 27.7 Å². The van der Waals surface area contributed by atoms with Gasteiger partial charge >= 0.3 is 0 Å². The average molecular weight is 224 g/mol. The minimum absolute atomic E-state index is 0.236. The molecule has 1 aromatic rings. The molecule has 0 radical (unpaired) electrons. The van der Waals surface area contributed by atoms with Crippen LogP contribution in [-0.4, -0.2) is 4.87 Å². The molecule has 0 fully saturated rings. The molecule has 1 rings (SSSR count). The van der Waals surface area contributed by atoms with Crippen molar-refractivity contribution in [2.45, 2.75) is 43.0 Å². The molecule has 0 aliphatic carbocycles. The lowest BCUT2D eigenvalue weighted by atomic mass is 9.96. The minimum atomic E-state index is -0.276. The van der Waals surface area contributed by atoms with Gasteiger partial charge in [0.05, 0.1) is 4.87 Å². The third-order valence-corrected chi connectivity index (χ3v) is 3.01. The summed E-state index contributed by atoms with van der Waals surface area (Å²) in [5.41, 5.74) is 12.8. The normalized spacial score (nSPS) is 12.9. The van der Waals surface area contributed by atoms with E-state index in [1.54, 1.807) is 11.8 Å². The van der Waals surface area contributed by atoms with Crippen LogP contribution in [0.2, 0.25) is 0 Å². The van der Waals surface area contributed by atoms with Gasteiger partial charge in [-0.15, -0.1) is 11.8 Å². The fraction of sp³-hybridized carbons (Fsp3) is 0.500. The van der Waals surface area contributed by atoms with Crippen LogP contribution >= 0.6 is 11.8 Å². The predicted octanol–water partition coefficient (Wildman–Crippen LogP) is 2.67. The molecule has 3 heteroatoms. The van der Waals surface area contributed by atoms with Crippen molar-refractivity contribution in [3.63, 3.8) is 0 Å². The largest absolute Gasteiger partial charge is 0.322 e. The molecule has 0 aliphatic rings. The first-order valence-electron chi connectivity index (χ1n) is 5.06. The van der Waals surface area contributed by atoms with E-state index in [0.717, 1.165) is 5.56 Å². The third-order valence-electron chi connectivity index (χ3n) is 1.98.